The number of carbonyl (C=O) groups excluding carboxylic acids is 1. The van der Waals surface area contributed by atoms with Crippen LogP contribution in [0.1, 0.15) is 10.5 Å². The molecule has 0 saturated carbocycles. The summed E-state index contributed by atoms with van der Waals surface area (Å²) in [5, 5.41) is 11.2. The zero-order valence-electron chi connectivity index (χ0n) is 7.89. The standard InChI is InChI=1S/C8H9N3O2S2/c1-15-8(14)10-9-7(12)6-4-2-3-5-11(6)13/h2-5H,1H3,(H,9,12)(H,10,14). The molecule has 1 heterocycles. The third kappa shape index (κ3) is 3.37. The maximum Gasteiger partial charge on any atom is 0.335 e. The molecule has 0 aliphatic heterocycles. The van der Waals surface area contributed by atoms with Crippen molar-refractivity contribution in [1.29, 1.82) is 0 Å². The van der Waals surface area contributed by atoms with Crippen molar-refractivity contribution in [1.82, 2.24) is 10.9 Å². The molecule has 0 saturated heterocycles. The van der Waals surface area contributed by atoms with E-state index in [0.29, 0.717) is 9.05 Å². The first-order valence-corrected chi connectivity index (χ1v) is 5.61. The van der Waals surface area contributed by atoms with Gasteiger partial charge in [-0.3, -0.25) is 15.6 Å². The van der Waals surface area contributed by atoms with Crippen molar-refractivity contribution in [2.75, 3.05) is 6.26 Å². The van der Waals surface area contributed by atoms with Crippen LogP contribution in [0.15, 0.2) is 24.4 Å². The first-order chi connectivity index (χ1) is 7.15. The van der Waals surface area contributed by atoms with Gasteiger partial charge in [0, 0.05) is 12.1 Å². The minimum absolute atomic E-state index is 0.00824. The predicted molar refractivity (Wildman–Crippen MR) is 62.1 cm³/mol. The summed E-state index contributed by atoms with van der Waals surface area (Å²) in [5.41, 5.74) is 4.83. The molecule has 1 rings (SSSR count). The maximum absolute atomic E-state index is 11.4. The number of pyridine rings is 1. The van der Waals surface area contributed by atoms with Gasteiger partial charge in [0.1, 0.15) is 0 Å². The third-order valence-corrected chi connectivity index (χ3v) is 2.60. The van der Waals surface area contributed by atoms with Gasteiger partial charge in [-0.1, -0.05) is 24.0 Å². The number of carbonyl (C=O) groups is 1. The molecule has 0 unspecified atom stereocenters. The van der Waals surface area contributed by atoms with Crippen molar-refractivity contribution in [3.05, 3.63) is 35.3 Å². The lowest BCUT2D eigenvalue weighted by Crippen LogP contribution is -2.45. The second-order valence-corrected chi connectivity index (χ2v) is 3.97. The fourth-order valence-corrected chi connectivity index (χ4v) is 1.03. The van der Waals surface area contributed by atoms with E-state index in [4.69, 9.17) is 12.2 Å². The van der Waals surface area contributed by atoms with Gasteiger partial charge in [-0.15, -0.1) is 0 Å². The summed E-state index contributed by atoms with van der Waals surface area (Å²) in [5.74, 6) is -0.526. The van der Waals surface area contributed by atoms with Gasteiger partial charge in [0.05, 0.1) is 0 Å². The number of amides is 1. The molecule has 7 heteroatoms. The van der Waals surface area contributed by atoms with E-state index in [1.807, 2.05) is 0 Å². The van der Waals surface area contributed by atoms with E-state index in [2.05, 4.69) is 10.9 Å². The molecule has 0 spiro atoms. The fourth-order valence-electron chi connectivity index (χ4n) is 0.827. The van der Waals surface area contributed by atoms with Crippen LogP contribution in [0.5, 0.6) is 0 Å². The van der Waals surface area contributed by atoms with Gasteiger partial charge >= 0.3 is 5.91 Å². The highest BCUT2D eigenvalue weighted by Crippen LogP contribution is 1.93. The monoisotopic (exact) mass is 243 g/mol. The Morgan fingerprint density at radius 2 is 2.27 bits per heavy atom. The molecule has 5 nitrogen and oxygen atoms in total. The Bertz CT molecular complexity index is 384. The summed E-state index contributed by atoms with van der Waals surface area (Å²) in [6.45, 7) is 0. The number of hydrogen-bond donors (Lipinski definition) is 2. The predicted octanol–water partition coefficient (Wildman–Crippen LogP) is 0.202. The molecule has 1 aromatic heterocycles. The molecular formula is C8H9N3O2S2. The Kier molecular flexibility index (Phi) is 4.32. The summed E-state index contributed by atoms with van der Waals surface area (Å²) in [7, 11) is 0. The topological polar surface area (TPSA) is 68.1 Å². The smallest absolute Gasteiger partial charge is 0.335 e. The Balaban J connectivity index is 2.62. The number of thioether (sulfide) groups is 1. The van der Waals surface area contributed by atoms with Crippen molar-refractivity contribution in [3.8, 4) is 0 Å². The largest absolute Gasteiger partial charge is 0.618 e. The molecule has 2 N–H and O–H groups in total. The van der Waals surface area contributed by atoms with Gasteiger partial charge in [0.25, 0.3) is 5.69 Å². The van der Waals surface area contributed by atoms with Gasteiger partial charge < -0.3 is 5.21 Å². The first kappa shape index (κ1) is 11.7. The minimum Gasteiger partial charge on any atom is -0.618 e. The molecule has 1 aromatic rings. The van der Waals surface area contributed by atoms with E-state index in [9.17, 15) is 10.0 Å². The van der Waals surface area contributed by atoms with Crippen molar-refractivity contribution < 1.29 is 9.52 Å². The summed E-state index contributed by atoms with van der Waals surface area (Å²) in [6.07, 6.45) is 3.03. The van der Waals surface area contributed by atoms with Gasteiger partial charge in [-0.05, 0) is 12.3 Å². The highest BCUT2D eigenvalue weighted by Gasteiger charge is 2.14. The van der Waals surface area contributed by atoms with Crippen LogP contribution in [-0.4, -0.2) is 16.5 Å². The molecular weight excluding hydrogens is 234 g/mol. The lowest BCUT2D eigenvalue weighted by molar-refractivity contribution is -0.607. The highest BCUT2D eigenvalue weighted by atomic mass is 32.2. The van der Waals surface area contributed by atoms with E-state index in [1.165, 1.54) is 24.0 Å². The van der Waals surface area contributed by atoms with E-state index in [-0.39, 0.29) is 5.69 Å². The maximum atomic E-state index is 11.4. The molecule has 15 heavy (non-hydrogen) atoms. The molecule has 0 radical (unpaired) electrons. The van der Waals surface area contributed by atoms with Gasteiger partial charge in [0.15, 0.2) is 10.5 Å². The number of hydrazine groups is 1. The Hall–Kier alpha value is -1.34. The van der Waals surface area contributed by atoms with Crippen molar-refractivity contribution in [3.63, 3.8) is 0 Å². The van der Waals surface area contributed by atoms with E-state index < -0.39 is 5.91 Å². The zero-order valence-corrected chi connectivity index (χ0v) is 9.52. The molecule has 0 fully saturated rings. The second-order valence-electron chi connectivity index (χ2n) is 2.48. The van der Waals surface area contributed by atoms with E-state index in [1.54, 1.807) is 18.4 Å². The normalized spacial score (nSPS) is 9.40. The number of nitrogens with zero attached hydrogens (tertiary/aromatic N) is 1. The number of thiocarbonyl (C=S) groups is 1. The van der Waals surface area contributed by atoms with Crippen molar-refractivity contribution in [2.45, 2.75) is 0 Å². The van der Waals surface area contributed by atoms with Crippen LogP contribution in [0.3, 0.4) is 0 Å². The highest BCUT2D eigenvalue weighted by molar-refractivity contribution is 8.22. The molecule has 0 aliphatic rings. The van der Waals surface area contributed by atoms with Crippen LogP contribution in [0.2, 0.25) is 0 Å². The SMILES string of the molecule is CSC(=S)NNC(=O)c1cccc[n+]1[O-]. The summed E-state index contributed by atoms with van der Waals surface area (Å²) in [4.78, 5) is 11.4. The van der Waals surface area contributed by atoms with Crippen LogP contribution in [-0.2, 0) is 0 Å². The quantitative estimate of drug-likeness (QED) is 0.319. The summed E-state index contributed by atoms with van der Waals surface area (Å²) < 4.78 is 0.913. The van der Waals surface area contributed by atoms with Crippen molar-refractivity contribution in [2.24, 2.45) is 0 Å². The van der Waals surface area contributed by atoms with Crippen molar-refractivity contribution >= 4 is 34.2 Å². The van der Waals surface area contributed by atoms with Crippen LogP contribution in [0.25, 0.3) is 0 Å². The first-order valence-electron chi connectivity index (χ1n) is 3.97. The van der Waals surface area contributed by atoms with E-state index in [0.717, 1.165) is 0 Å². The number of rotatable bonds is 1. The minimum atomic E-state index is -0.526. The van der Waals surface area contributed by atoms with Gasteiger partial charge in [0.2, 0.25) is 0 Å². The second kappa shape index (κ2) is 5.52. The van der Waals surface area contributed by atoms with E-state index >= 15 is 0 Å². The fraction of sp³-hybridized carbons (Fsp3) is 0.125. The molecule has 0 aliphatic carbocycles. The number of nitrogens with one attached hydrogen (secondary N) is 2. The number of hydrogen-bond acceptors (Lipinski definition) is 4. The molecule has 0 bridgehead atoms. The van der Waals surface area contributed by atoms with Crippen LogP contribution >= 0.6 is 24.0 Å². The Labute approximate surface area is 96.4 Å². The lowest BCUT2D eigenvalue weighted by Gasteiger charge is -2.07. The number of aromatic nitrogens is 1. The van der Waals surface area contributed by atoms with Gasteiger partial charge in [-0.2, -0.15) is 4.73 Å². The van der Waals surface area contributed by atoms with Crippen LogP contribution in [0.4, 0.5) is 0 Å². The average molecular weight is 243 g/mol. The lowest BCUT2D eigenvalue weighted by atomic mass is 10.3. The molecule has 0 aromatic carbocycles. The zero-order chi connectivity index (χ0) is 11.3. The molecule has 80 valence electrons. The Morgan fingerprint density at radius 1 is 1.53 bits per heavy atom. The molecule has 1 amide bonds. The van der Waals surface area contributed by atoms with Crippen LogP contribution < -0.4 is 15.6 Å². The van der Waals surface area contributed by atoms with Gasteiger partial charge in [-0.25, -0.2) is 0 Å². The molecule has 0 atom stereocenters. The van der Waals surface area contributed by atoms with Crippen LogP contribution in [0, 0.1) is 5.21 Å². The third-order valence-electron chi connectivity index (χ3n) is 1.52. The Morgan fingerprint density at radius 3 is 2.87 bits per heavy atom. The average Bonchev–Trinajstić information content (AvgIpc) is 2.26. The summed E-state index contributed by atoms with van der Waals surface area (Å²) >= 11 is 6.10. The summed E-state index contributed by atoms with van der Waals surface area (Å²) in [6, 6.07) is 4.58.